The molecule has 0 radical (unpaired) electrons. The highest BCUT2D eigenvalue weighted by molar-refractivity contribution is 7.80. The van der Waals surface area contributed by atoms with Crippen LogP contribution in [0.4, 0.5) is 0 Å². The summed E-state index contributed by atoms with van der Waals surface area (Å²) >= 11 is 4.50. The van der Waals surface area contributed by atoms with Crippen molar-refractivity contribution in [2.45, 2.75) is 37.6 Å². The Bertz CT molecular complexity index is 671. The van der Waals surface area contributed by atoms with Crippen LogP contribution in [0, 0.1) is 0 Å². The van der Waals surface area contributed by atoms with Gasteiger partial charge in [-0.05, 0) is 28.2 Å². The molecule has 0 amide bonds. The predicted molar refractivity (Wildman–Crippen MR) is 91.1 cm³/mol. The highest BCUT2D eigenvalue weighted by Crippen LogP contribution is 2.34. The van der Waals surface area contributed by atoms with Gasteiger partial charge in [0.15, 0.2) is 6.29 Å². The summed E-state index contributed by atoms with van der Waals surface area (Å²) in [6.45, 7) is 6.95. The highest BCUT2D eigenvalue weighted by atomic mass is 32.1. The summed E-state index contributed by atoms with van der Waals surface area (Å²) in [4.78, 5) is 12.1. The monoisotopic (exact) mass is 299 g/mol. The summed E-state index contributed by atoms with van der Waals surface area (Å²) in [5, 5.41) is 0. The molecule has 0 aliphatic carbocycles. The van der Waals surface area contributed by atoms with Gasteiger partial charge in [-0.25, -0.2) is 0 Å². The smallest absolute Gasteiger partial charge is 0.150 e. The van der Waals surface area contributed by atoms with Crippen LogP contribution in [-0.2, 0) is 12.0 Å². The van der Waals surface area contributed by atoms with Gasteiger partial charge in [-0.3, -0.25) is 4.79 Å². The van der Waals surface area contributed by atoms with E-state index >= 15 is 0 Å². The van der Waals surface area contributed by atoms with Crippen LogP contribution in [0.2, 0.25) is 0 Å². The molecule has 0 aliphatic rings. The molecule has 0 spiro atoms. The van der Waals surface area contributed by atoms with Crippen molar-refractivity contribution in [2.24, 2.45) is 5.73 Å². The van der Waals surface area contributed by atoms with Crippen LogP contribution in [0.5, 0.6) is 0 Å². The molecule has 110 valence electrons. The van der Waals surface area contributed by atoms with E-state index in [9.17, 15) is 4.79 Å². The number of hydrogen-bond acceptors (Lipinski definition) is 3. The van der Waals surface area contributed by atoms with E-state index in [2.05, 4.69) is 45.5 Å². The zero-order chi connectivity index (χ0) is 15.6. The van der Waals surface area contributed by atoms with Crippen molar-refractivity contribution >= 4 is 18.9 Å². The first-order valence-electron chi connectivity index (χ1n) is 6.99. The Hall–Kier alpha value is -1.58. The van der Waals surface area contributed by atoms with Gasteiger partial charge in [-0.1, -0.05) is 51.1 Å². The summed E-state index contributed by atoms with van der Waals surface area (Å²) in [6, 6.07) is 11.8. The lowest BCUT2D eigenvalue weighted by Gasteiger charge is -2.22. The van der Waals surface area contributed by atoms with E-state index in [0.717, 1.165) is 27.9 Å². The number of rotatable bonds is 3. The Labute approximate surface area is 131 Å². The number of hydrogen-bond donors (Lipinski definition) is 2. The zero-order valence-corrected chi connectivity index (χ0v) is 13.6. The van der Waals surface area contributed by atoms with E-state index in [1.54, 1.807) is 6.07 Å². The first-order valence-corrected chi connectivity index (χ1v) is 7.44. The molecule has 2 nitrogen and oxygen atoms in total. The second kappa shape index (κ2) is 6.04. The van der Waals surface area contributed by atoms with Gasteiger partial charge in [-0.2, -0.15) is 0 Å². The lowest BCUT2D eigenvalue weighted by atomic mass is 9.84. The number of carbonyl (C=O) groups excluding carboxylic acids is 1. The van der Waals surface area contributed by atoms with E-state index in [0.29, 0.717) is 12.1 Å². The molecule has 21 heavy (non-hydrogen) atoms. The topological polar surface area (TPSA) is 43.1 Å². The summed E-state index contributed by atoms with van der Waals surface area (Å²) < 4.78 is 0. The standard InChI is InChI=1S/C18H21NOS/c1-18(2,3)14-7-8-15(13(9-14)10-19)17-12(11-20)5-4-6-16(17)21/h4-9,11,21H,10,19H2,1-3H3. The van der Waals surface area contributed by atoms with E-state index in [-0.39, 0.29) is 5.41 Å². The predicted octanol–water partition coefficient (Wildman–Crippen LogP) is 4.21. The van der Waals surface area contributed by atoms with E-state index in [4.69, 9.17) is 5.73 Å². The lowest BCUT2D eigenvalue weighted by molar-refractivity contribution is 0.112. The number of thiol groups is 1. The van der Waals surface area contributed by atoms with Gasteiger partial charge >= 0.3 is 0 Å². The molecule has 0 aromatic heterocycles. The Morgan fingerprint density at radius 3 is 2.48 bits per heavy atom. The maximum Gasteiger partial charge on any atom is 0.150 e. The molecule has 0 fully saturated rings. The average molecular weight is 299 g/mol. The number of nitrogens with two attached hydrogens (primary N) is 1. The van der Waals surface area contributed by atoms with Crippen LogP contribution in [0.1, 0.15) is 42.3 Å². The minimum absolute atomic E-state index is 0.0659. The summed E-state index contributed by atoms with van der Waals surface area (Å²) in [5.74, 6) is 0. The van der Waals surface area contributed by atoms with Gasteiger partial charge in [0.05, 0.1) is 0 Å². The largest absolute Gasteiger partial charge is 0.326 e. The van der Waals surface area contributed by atoms with Crippen LogP contribution >= 0.6 is 12.6 Å². The van der Waals surface area contributed by atoms with Gasteiger partial charge in [0.2, 0.25) is 0 Å². The van der Waals surface area contributed by atoms with Gasteiger partial charge in [0.25, 0.3) is 0 Å². The maximum absolute atomic E-state index is 11.3. The summed E-state index contributed by atoms with van der Waals surface area (Å²) in [6.07, 6.45) is 0.868. The number of benzene rings is 2. The molecule has 0 unspecified atom stereocenters. The Morgan fingerprint density at radius 1 is 1.19 bits per heavy atom. The van der Waals surface area contributed by atoms with Crippen molar-refractivity contribution in [1.29, 1.82) is 0 Å². The fourth-order valence-electron chi connectivity index (χ4n) is 2.42. The molecule has 0 saturated carbocycles. The first-order chi connectivity index (χ1) is 9.88. The van der Waals surface area contributed by atoms with Crippen molar-refractivity contribution in [3.05, 3.63) is 53.1 Å². The fraction of sp³-hybridized carbons (Fsp3) is 0.278. The molecule has 0 heterocycles. The Kier molecular flexibility index (Phi) is 4.55. The van der Waals surface area contributed by atoms with Gasteiger partial charge < -0.3 is 5.73 Å². The van der Waals surface area contributed by atoms with Crippen LogP contribution in [0.25, 0.3) is 11.1 Å². The molecule has 2 N–H and O–H groups in total. The molecule has 0 saturated heterocycles. The third-order valence-corrected chi connectivity index (χ3v) is 4.03. The van der Waals surface area contributed by atoms with Crippen LogP contribution in [-0.4, -0.2) is 6.29 Å². The van der Waals surface area contributed by atoms with Crippen molar-refractivity contribution in [1.82, 2.24) is 0 Å². The number of carbonyl (C=O) groups is 1. The summed E-state index contributed by atoms with van der Waals surface area (Å²) in [7, 11) is 0. The fourth-order valence-corrected chi connectivity index (χ4v) is 2.76. The second-order valence-corrected chi connectivity index (χ2v) is 6.67. The maximum atomic E-state index is 11.3. The summed E-state index contributed by atoms with van der Waals surface area (Å²) in [5.41, 5.74) is 10.7. The number of aldehydes is 1. The SMILES string of the molecule is CC(C)(C)c1ccc(-c2c(S)cccc2C=O)c(CN)c1. The average Bonchev–Trinajstić information content (AvgIpc) is 2.45. The van der Waals surface area contributed by atoms with Crippen LogP contribution < -0.4 is 5.73 Å². The minimum Gasteiger partial charge on any atom is -0.326 e. The van der Waals surface area contributed by atoms with E-state index in [1.807, 2.05) is 18.2 Å². The third kappa shape index (κ3) is 3.20. The molecule has 2 aromatic carbocycles. The molecule has 0 aliphatic heterocycles. The normalized spacial score (nSPS) is 11.5. The van der Waals surface area contributed by atoms with Crippen molar-refractivity contribution in [3.8, 4) is 11.1 Å². The van der Waals surface area contributed by atoms with Crippen molar-refractivity contribution in [3.63, 3.8) is 0 Å². The quantitative estimate of drug-likeness (QED) is 0.658. The molecule has 2 rings (SSSR count). The van der Waals surface area contributed by atoms with Crippen molar-refractivity contribution < 1.29 is 4.79 Å². The van der Waals surface area contributed by atoms with E-state index in [1.165, 1.54) is 5.56 Å². The first kappa shape index (κ1) is 15.8. The van der Waals surface area contributed by atoms with Gasteiger partial charge in [-0.15, -0.1) is 12.6 Å². The molecular weight excluding hydrogens is 278 g/mol. The lowest BCUT2D eigenvalue weighted by Crippen LogP contribution is -2.12. The van der Waals surface area contributed by atoms with Crippen LogP contribution in [0.3, 0.4) is 0 Å². The Morgan fingerprint density at radius 2 is 1.90 bits per heavy atom. The molecule has 0 bridgehead atoms. The molecule has 0 atom stereocenters. The minimum atomic E-state index is 0.0659. The van der Waals surface area contributed by atoms with E-state index < -0.39 is 0 Å². The molecule has 3 heteroatoms. The zero-order valence-electron chi connectivity index (χ0n) is 12.7. The van der Waals surface area contributed by atoms with Crippen LogP contribution in [0.15, 0.2) is 41.3 Å². The van der Waals surface area contributed by atoms with Gasteiger partial charge in [0, 0.05) is 22.6 Å². The highest BCUT2D eigenvalue weighted by Gasteiger charge is 2.17. The van der Waals surface area contributed by atoms with Crippen molar-refractivity contribution in [2.75, 3.05) is 0 Å². The third-order valence-electron chi connectivity index (χ3n) is 3.66. The Balaban J connectivity index is 2.68. The molecule has 2 aromatic rings. The van der Waals surface area contributed by atoms with Gasteiger partial charge in [0.1, 0.15) is 0 Å². The second-order valence-electron chi connectivity index (χ2n) is 6.19. The molecular formula is C18H21NOS.